The van der Waals surface area contributed by atoms with Crippen LogP contribution in [0.2, 0.25) is 0 Å². The summed E-state index contributed by atoms with van der Waals surface area (Å²) in [6, 6.07) is 8.32. The Hall–Kier alpha value is -2.70. The number of esters is 2. The van der Waals surface area contributed by atoms with Crippen molar-refractivity contribution in [3.05, 3.63) is 35.9 Å². The number of carbonyl (C=O) groups excluding carboxylic acids is 3. The van der Waals surface area contributed by atoms with Crippen LogP contribution in [0.15, 0.2) is 35.4 Å². The van der Waals surface area contributed by atoms with Gasteiger partial charge in [0.25, 0.3) is 0 Å². The van der Waals surface area contributed by atoms with Gasteiger partial charge in [-0.2, -0.15) is 5.10 Å². The van der Waals surface area contributed by atoms with E-state index < -0.39 is 23.3 Å². The molecule has 0 spiro atoms. The molecule has 0 amide bonds. The van der Waals surface area contributed by atoms with E-state index in [2.05, 4.69) is 10.5 Å². The molecule has 1 unspecified atom stereocenters. The van der Waals surface area contributed by atoms with E-state index in [0.717, 1.165) is 0 Å². The van der Waals surface area contributed by atoms with Gasteiger partial charge in [-0.25, -0.2) is 9.59 Å². The van der Waals surface area contributed by atoms with Gasteiger partial charge < -0.3 is 9.47 Å². The fourth-order valence-electron chi connectivity index (χ4n) is 2.26. The Morgan fingerprint density at radius 2 is 1.78 bits per heavy atom. The lowest BCUT2D eigenvalue weighted by molar-refractivity contribution is -0.148. The van der Waals surface area contributed by atoms with E-state index in [-0.39, 0.29) is 25.3 Å². The first-order valence-electron chi connectivity index (χ1n) is 7.33. The summed E-state index contributed by atoms with van der Waals surface area (Å²) >= 11 is 0. The van der Waals surface area contributed by atoms with E-state index in [9.17, 15) is 14.4 Å². The van der Waals surface area contributed by atoms with E-state index in [1.54, 1.807) is 44.2 Å². The van der Waals surface area contributed by atoms with Crippen molar-refractivity contribution in [2.45, 2.75) is 25.8 Å². The summed E-state index contributed by atoms with van der Waals surface area (Å²) in [7, 11) is 0. The topological polar surface area (TPSA) is 94.1 Å². The van der Waals surface area contributed by atoms with Crippen LogP contribution < -0.4 is 5.43 Å². The van der Waals surface area contributed by atoms with Crippen molar-refractivity contribution in [2.24, 2.45) is 5.10 Å². The molecule has 122 valence electrons. The molecule has 0 aromatic heterocycles. The summed E-state index contributed by atoms with van der Waals surface area (Å²) in [5.41, 5.74) is 1.09. The van der Waals surface area contributed by atoms with Gasteiger partial charge in [-0.1, -0.05) is 30.3 Å². The molecule has 23 heavy (non-hydrogen) atoms. The number of ether oxygens (including phenoxy) is 2. The van der Waals surface area contributed by atoms with Gasteiger partial charge in [0.15, 0.2) is 0 Å². The zero-order valence-electron chi connectivity index (χ0n) is 13.0. The fourth-order valence-corrected chi connectivity index (χ4v) is 2.26. The molecule has 0 saturated carbocycles. The van der Waals surface area contributed by atoms with Crippen LogP contribution in [-0.2, 0) is 19.1 Å². The van der Waals surface area contributed by atoms with Crippen molar-refractivity contribution < 1.29 is 23.9 Å². The van der Waals surface area contributed by atoms with Gasteiger partial charge in [0.1, 0.15) is 5.71 Å². The maximum absolute atomic E-state index is 12.8. The predicted molar refractivity (Wildman–Crippen MR) is 82.0 cm³/mol. The SMILES string of the molecule is CCOC(=O)C1=NNC(C(=O)OCC)(C(=O)c2ccccc2)C1. The molecule has 1 N–H and O–H groups in total. The lowest BCUT2D eigenvalue weighted by Crippen LogP contribution is -2.55. The van der Waals surface area contributed by atoms with Gasteiger partial charge in [-0.15, -0.1) is 0 Å². The molecule has 1 aromatic carbocycles. The number of nitrogens with one attached hydrogen (secondary N) is 1. The molecule has 0 radical (unpaired) electrons. The van der Waals surface area contributed by atoms with Crippen molar-refractivity contribution in [3.8, 4) is 0 Å². The van der Waals surface area contributed by atoms with Crippen molar-refractivity contribution in [2.75, 3.05) is 13.2 Å². The Morgan fingerprint density at radius 1 is 1.13 bits per heavy atom. The summed E-state index contributed by atoms with van der Waals surface area (Å²) in [4.78, 5) is 37.0. The van der Waals surface area contributed by atoms with Crippen molar-refractivity contribution in [3.63, 3.8) is 0 Å². The number of carbonyl (C=O) groups is 3. The van der Waals surface area contributed by atoms with Gasteiger partial charge in [0, 0.05) is 12.0 Å². The number of ketones is 1. The van der Waals surface area contributed by atoms with E-state index >= 15 is 0 Å². The van der Waals surface area contributed by atoms with Crippen molar-refractivity contribution in [1.29, 1.82) is 0 Å². The molecule has 7 nitrogen and oxygen atoms in total. The molecule has 1 heterocycles. The molecule has 1 aliphatic heterocycles. The zero-order chi connectivity index (χ0) is 16.9. The van der Waals surface area contributed by atoms with Gasteiger partial charge in [0.2, 0.25) is 11.3 Å². The molecule has 0 bridgehead atoms. The minimum Gasteiger partial charge on any atom is -0.464 e. The zero-order valence-corrected chi connectivity index (χ0v) is 13.0. The number of nitrogens with zero attached hydrogens (tertiary/aromatic N) is 1. The number of hydrogen-bond donors (Lipinski definition) is 1. The van der Waals surface area contributed by atoms with Crippen LogP contribution in [-0.4, -0.2) is 42.2 Å². The number of hydrogen-bond acceptors (Lipinski definition) is 7. The first kappa shape index (κ1) is 16.7. The highest BCUT2D eigenvalue weighted by Gasteiger charge is 2.53. The Bertz CT molecular complexity index is 641. The minimum absolute atomic E-state index is 0.0100. The van der Waals surface area contributed by atoms with Crippen LogP contribution in [0.25, 0.3) is 0 Å². The normalized spacial score (nSPS) is 19.5. The molecular formula is C16H18N2O5. The van der Waals surface area contributed by atoms with Crippen molar-refractivity contribution >= 4 is 23.4 Å². The fraction of sp³-hybridized carbons (Fsp3) is 0.375. The predicted octanol–water partition coefficient (Wildman–Crippen LogP) is 1.08. The Balaban J connectivity index is 2.32. The van der Waals surface area contributed by atoms with Crippen LogP contribution >= 0.6 is 0 Å². The highest BCUT2D eigenvalue weighted by atomic mass is 16.5. The summed E-state index contributed by atoms with van der Waals surface area (Å²) in [6.45, 7) is 3.59. The third-order valence-electron chi connectivity index (χ3n) is 3.37. The molecule has 1 aromatic rings. The summed E-state index contributed by atoms with van der Waals surface area (Å²) in [6.07, 6.45) is -0.210. The van der Waals surface area contributed by atoms with Gasteiger partial charge in [-0.3, -0.25) is 10.2 Å². The van der Waals surface area contributed by atoms with E-state index in [1.807, 2.05) is 0 Å². The summed E-state index contributed by atoms with van der Waals surface area (Å²) in [5, 5.41) is 3.83. The van der Waals surface area contributed by atoms with E-state index in [0.29, 0.717) is 5.56 Å². The monoisotopic (exact) mass is 318 g/mol. The maximum Gasteiger partial charge on any atom is 0.354 e. The van der Waals surface area contributed by atoms with Gasteiger partial charge in [-0.05, 0) is 13.8 Å². The first-order chi connectivity index (χ1) is 11.0. The number of rotatable bonds is 6. The second kappa shape index (κ2) is 7.04. The number of benzene rings is 1. The molecule has 0 saturated heterocycles. The maximum atomic E-state index is 12.8. The highest BCUT2D eigenvalue weighted by molar-refractivity contribution is 6.39. The summed E-state index contributed by atoms with van der Waals surface area (Å²) in [5.74, 6) is -1.93. The van der Waals surface area contributed by atoms with E-state index in [4.69, 9.17) is 9.47 Å². The van der Waals surface area contributed by atoms with Crippen LogP contribution in [0.5, 0.6) is 0 Å². The quantitative estimate of drug-likeness (QED) is 0.479. The lowest BCUT2D eigenvalue weighted by atomic mass is 9.86. The summed E-state index contributed by atoms with van der Waals surface area (Å²) < 4.78 is 9.88. The Kier molecular flexibility index (Phi) is 5.10. The van der Waals surface area contributed by atoms with Crippen LogP contribution in [0.4, 0.5) is 0 Å². The Morgan fingerprint density at radius 3 is 2.39 bits per heavy atom. The minimum atomic E-state index is -1.74. The molecule has 1 atom stereocenters. The Labute approximate surface area is 133 Å². The molecule has 2 rings (SSSR count). The molecular weight excluding hydrogens is 300 g/mol. The lowest BCUT2D eigenvalue weighted by Gasteiger charge is -2.24. The average molecular weight is 318 g/mol. The second-order valence-corrected chi connectivity index (χ2v) is 4.89. The van der Waals surface area contributed by atoms with Crippen LogP contribution in [0.1, 0.15) is 30.6 Å². The average Bonchev–Trinajstić information content (AvgIpc) is 3.02. The third-order valence-corrected chi connectivity index (χ3v) is 3.37. The van der Waals surface area contributed by atoms with Gasteiger partial charge >= 0.3 is 11.9 Å². The van der Waals surface area contributed by atoms with Crippen molar-refractivity contribution in [1.82, 2.24) is 5.43 Å². The molecule has 1 aliphatic rings. The van der Waals surface area contributed by atoms with Crippen LogP contribution in [0.3, 0.4) is 0 Å². The molecule has 7 heteroatoms. The number of Topliss-reactive ketones (excluding diaryl/α,β-unsaturated/α-hetero) is 1. The standard InChI is InChI=1S/C16H18N2O5/c1-3-22-14(20)12-10-16(18-17-12,15(21)23-4-2)13(19)11-8-6-5-7-9-11/h5-9,18H,3-4,10H2,1-2H3. The van der Waals surface area contributed by atoms with Crippen LogP contribution in [0, 0.1) is 0 Å². The highest BCUT2D eigenvalue weighted by Crippen LogP contribution is 2.25. The second-order valence-electron chi connectivity index (χ2n) is 4.89. The third kappa shape index (κ3) is 3.23. The number of hydrazone groups is 1. The molecule has 0 aliphatic carbocycles. The molecule has 0 fully saturated rings. The van der Waals surface area contributed by atoms with Gasteiger partial charge in [0.05, 0.1) is 13.2 Å². The smallest absolute Gasteiger partial charge is 0.354 e. The largest absolute Gasteiger partial charge is 0.464 e. The first-order valence-corrected chi connectivity index (χ1v) is 7.33. The van der Waals surface area contributed by atoms with E-state index in [1.165, 1.54) is 0 Å².